The highest BCUT2D eigenvalue weighted by Gasteiger charge is 2.38. The summed E-state index contributed by atoms with van der Waals surface area (Å²) in [5.41, 5.74) is 19.6. The van der Waals surface area contributed by atoms with Crippen LogP contribution in [0.1, 0.15) is 36.1 Å². The van der Waals surface area contributed by atoms with Crippen LogP contribution in [-0.2, 0) is 5.41 Å². The Morgan fingerprint density at radius 3 is 1.47 bits per heavy atom. The van der Waals surface area contributed by atoms with Crippen molar-refractivity contribution in [3.63, 3.8) is 0 Å². The van der Waals surface area contributed by atoms with Gasteiger partial charge in [0.2, 0.25) is 0 Å². The van der Waals surface area contributed by atoms with Crippen LogP contribution >= 0.6 is 0 Å². The van der Waals surface area contributed by atoms with Gasteiger partial charge in [0, 0.05) is 38.6 Å². The zero-order valence-corrected chi connectivity index (χ0v) is 33.9. The van der Waals surface area contributed by atoms with Gasteiger partial charge in [0.1, 0.15) is 0 Å². The maximum atomic E-state index is 2.53. The number of rotatable bonds is 6. The van der Waals surface area contributed by atoms with E-state index < -0.39 is 0 Å². The fourth-order valence-corrected chi connectivity index (χ4v) is 9.82. The van der Waals surface area contributed by atoms with E-state index in [-0.39, 0.29) is 5.41 Å². The monoisotopic (exact) mass is 756 g/mol. The van der Waals surface area contributed by atoms with E-state index in [9.17, 15) is 0 Å². The van der Waals surface area contributed by atoms with E-state index in [1.165, 1.54) is 111 Å². The minimum absolute atomic E-state index is 0.262. The van der Waals surface area contributed by atoms with Crippen molar-refractivity contribution >= 4 is 49.6 Å². The summed E-state index contributed by atoms with van der Waals surface area (Å²) in [6, 6.07) is 71.7. The SMILES string of the molecule is Cc1ccccc1N(c1ccc2c(c1)C(C)(C)c1cc(-n3c4ccc(-c5ccccc5)cc4c4cc(-c5ccccc5)ccc43)c3ccccc3c1-2)c1ccccc1C. The van der Waals surface area contributed by atoms with Crippen molar-refractivity contribution in [1.29, 1.82) is 0 Å². The largest absolute Gasteiger partial charge is 0.310 e. The third kappa shape index (κ3) is 5.47. The molecule has 0 unspecified atom stereocenters. The van der Waals surface area contributed by atoms with E-state index in [1.54, 1.807) is 0 Å². The topological polar surface area (TPSA) is 8.17 Å². The molecule has 0 N–H and O–H groups in total. The molecule has 2 nitrogen and oxygen atoms in total. The number of benzene rings is 9. The number of fused-ring (bicyclic) bond motifs is 8. The third-order valence-corrected chi connectivity index (χ3v) is 12.8. The molecule has 10 aromatic rings. The van der Waals surface area contributed by atoms with Crippen molar-refractivity contribution in [2.45, 2.75) is 33.1 Å². The number of anilines is 3. The molecule has 0 aliphatic heterocycles. The van der Waals surface area contributed by atoms with Crippen LogP contribution in [0.2, 0.25) is 0 Å². The zero-order valence-electron chi connectivity index (χ0n) is 33.9. The smallest absolute Gasteiger partial charge is 0.0544 e. The normalized spacial score (nSPS) is 12.9. The van der Waals surface area contributed by atoms with Gasteiger partial charge in [0.15, 0.2) is 0 Å². The molecule has 282 valence electrons. The summed E-state index contributed by atoms with van der Waals surface area (Å²) in [4.78, 5) is 2.44. The first-order valence-electron chi connectivity index (χ1n) is 20.7. The molecule has 2 heteroatoms. The van der Waals surface area contributed by atoms with E-state index in [1.807, 2.05) is 0 Å². The van der Waals surface area contributed by atoms with E-state index >= 15 is 0 Å². The zero-order chi connectivity index (χ0) is 39.8. The van der Waals surface area contributed by atoms with Gasteiger partial charge in [-0.25, -0.2) is 0 Å². The molecule has 0 saturated heterocycles. The molecule has 9 aromatic carbocycles. The second kappa shape index (κ2) is 13.5. The molecule has 1 aliphatic rings. The maximum Gasteiger partial charge on any atom is 0.0544 e. The molecule has 0 fully saturated rings. The average Bonchev–Trinajstić information content (AvgIpc) is 3.72. The Labute approximate surface area is 346 Å². The Balaban J connectivity index is 1.14. The van der Waals surface area contributed by atoms with Crippen LogP contribution in [0.15, 0.2) is 194 Å². The van der Waals surface area contributed by atoms with Gasteiger partial charge in [-0.3, -0.25) is 0 Å². The fraction of sp³-hybridized carbons (Fsp3) is 0.0877. The molecule has 1 aliphatic carbocycles. The van der Waals surface area contributed by atoms with Gasteiger partial charge < -0.3 is 9.47 Å². The predicted octanol–water partition coefficient (Wildman–Crippen LogP) is 15.7. The second-order valence-electron chi connectivity index (χ2n) is 16.7. The standard InChI is InChI=1S/C57H44N2/c1-37-17-11-15-25-51(37)58(52-26-16-12-18-38(52)2)43-29-30-46-49(35-43)57(3,4)50-36-55(44-23-13-14-24-45(44)56(46)50)59-53-31-27-41(39-19-7-5-8-20-39)33-47(53)48-34-42(28-32-54(48)59)40-21-9-6-10-22-40/h5-36H,1-4H3. The minimum atomic E-state index is -0.262. The number of nitrogens with zero attached hydrogens (tertiary/aromatic N) is 2. The fourth-order valence-electron chi connectivity index (χ4n) is 9.82. The molecule has 11 rings (SSSR count). The first-order valence-corrected chi connectivity index (χ1v) is 20.7. The van der Waals surface area contributed by atoms with Crippen molar-refractivity contribution < 1.29 is 0 Å². The summed E-state index contributed by atoms with van der Waals surface area (Å²) in [5, 5.41) is 5.04. The summed E-state index contributed by atoms with van der Waals surface area (Å²) < 4.78 is 2.53. The summed E-state index contributed by atoms with van der Waals surface area (Å²) >= 11 is 0. The van der Waals surface area contributed by atoms with Crippen LogP contribution in [0, 0.1) is 13.8 Å². The Bertz CT molecular complexity index is 3120. The quantitative estimate of drug-likeness (QED) is 0.164. The molecule has 1 aromatic heterocycles. The van der Waals surface area contributed by atoms with Gasteiger partial charge in [-0.15, -0.1) is 0 Å². The molecule has 0 saturated carbocycles. The van der Waals surface area contributed by atoms with Crippen LogP contribution in [0.25, 0.3) is 71.6 Å². The molecule has 0 spiro atoms. The average molecular weight is 757 g/mol. The molecular formula is C57H44N2. The van der Waals surface area contributed by atoms with E-state index in [0.717, 1.165) is 0 Å². The van der Waals surface area contributed by atoms with E-state index in [4.69, 9.17) is 0 Å². The van der Waals surface area contributed by atoms with Crippen LogP contribution in [0.4, 0.5) is 17.1 Å². The van der Waals surface area contributed by atoms with Gasteiger partial charge in [0.05, 0.1) is 16.7 Å². The lowest BCUT2D eigenvalue weighted by molar-refractivity contribution is 0.660. The summed E-state index contributed by atoms with van der Waals surface area (Å²) in [6.07, 6.45) is 0. The summed E-state index contributed by atoms with van der Waals surface area (Å²) in [6.45, 7) is 9.24. The number of hydrogen-bond acceptors (Lipinski definition) is 1. The highest BCUT2D eigenvalue weighted by Crippen LogP contribution is 2.55. The van der Waals surface area contributed by atoms with Crippen LogP contribution < -0.4 is 4.90 Å². The highest BCUT2D eigenvalue weighted by atomic mass is 15.1. The van der Waals surface area contributed by atoms with Gasteiger partial charge in [-0.05, 0) is 129 Å². The van der Waals surface area contributed by atoms with E-state index in [0.29, 0.717) is 0 Å². The molecular weight excluding hydrogens is 713 g/mol. The first kappa shape index (κ1) is 35.0. The Morgan fingerprint density at radius 1 is 0.407 bits per heavy atom. The number of hydrogen-bond donors (Lipinski definition) is 0. The van der Waals surface area contributed by atoms with Crippen molar-refractivity contribution in [3.05, 3.63) is 216 Å². The summed E-state index contributed by atoms with van der Waals surface area (Å²) in [7, 11) is 0. The molecule has 1 heterocycles. The van der Waals surface area contributed by atoms with Crippen molar-refractivity contribution in [2.24, 2.45) is 0 Å². The molecule has 0 amide bonds. The van der Waals surface area contributed by atoms with Gasteiger partial charge in [-0.2, -0.15) is 0 Å². The molecule has 0 atom stereocenters. The number of para-hydroxylation sites is 2. The highest BCUT2D eigenvalue weighted by molar-refractivity contribution is 6.14. The Hall–Kier alpha value is -7.16. The number of aryl methyl sites for hydroxylation is 2. The Morgan fingerprint density at radius 2 is 0.915 bits per heavy atom. The number of aromatic nitrogens is 1. The first-order chi connectivity index (χ1) is 28.9. The van der Waals surface area contributed by atoms with Gasteiger partial charge in [-0.1, -0.05) is 153 Å². The van der Waals surface area contributed by atoms with Crippen LogP contribution in [0.5, 0.6) is 0 Å². The second-order valence-corrected chi connectivity index (χ2v) is 16.7. The predicted molar refractivity (Wildman–Crippen MR) is 251 cm³/mol. The summed E-state index contributed by atoms with van der Waals surface area (Å²) in [5.74, 6) is 0. The minimum Gasteiger partial charge on any atom is -0.310 e. The van der Waals surface area contributed by atoms with Crippen LogP contribution in [0.3, 0.4) is 0 Å². The molecule has 0 bridgehead atoms. The maximum absolute atomic E-state index is 2.53. The Kier molecular flexibility index (Phi) is 8.00. The lowest BCUT2D eigenvalue weighted by Crippen LogP contribution is -2.17. The van der Waals surface area contributed by atoms with Gasteiger partial charge >= 0.3 is 0 Å². The van der Waals surface area contributed by atoms with Crippen molar-refractivity contribution in [1.82, 2.24) is 4.57 Å². The third-order valence-electron chi connectivity index (χ3n) is 12.8. The molecule has 59 heavy (non-hydrogen) atoms. The van der Waals surface area contributed by atoms with Crippen LogP contribution in [-0.4, -0.2) is 4.57 Å². The van der Waals surface area contributed by atoms with Gasteiger partial charge in [0.25, 0.3) is 0 Å². The lowest BCUT2D eigenvalue weighted by Gasteiger charge is -2.30. The van der Waals surface area contributed by atoms with E-state index in [2.05, 4.69) is 231 Å². The lowest BCUT2D eigenvalue weighted by atomic mass is 9.81. The molecule has 0 radical (unpaired) electrons. The van der Waals surface area contributed by atoms with Crippen molar-refractivity contribution in [3.8, 4) is 39.1 Å². The van der Waals surface area contributed by atoms with Crippen molar-refractivity contribution in [2.75, 3.05) is 4.90 Å².